The third-order valence-corrected chi connectivity index (χ3v) is 15.4. The molecule has 4 aromatic rings. The first kappa shape index (κ1) is 45.9. The monoisotopic (exact) mass is 885 g/mol. The van der Waals surface area contributed by atoms with Crippen molar-refractivity contribution in [1.82, 2.24) is 0 Å². The second-order valence-corrected chi connectivity index (χ2v) is 19.8. The van der Waals surface area contributed by atoms with Crippen LogP contribution in [-0.2, 0) is 21.0 Å². The molecule has 326 valence electrons. The lowest BCUT2D eigenvalue weighted by molar-refractivity contribution is -0.272. The molecule has 0 spiro atoms. The third kappa shape index (κ3) is 10.3. The Morgan fingerprint density at radius 3 is 1.15 bits per heavy atom. The van der Waals surface area contributed by atoms with Gasteiger partial charge in [0.05, 0.1) is 10.9 Å². The zero-order chi connectivity index (χ0) is 43.3. The molecule has 3 aliphatic rings. The van der Waals surface area contributed by atoms with E-state index in [4.69, 9.17) is 4.18 Å². The van der Waals surface area contributed by atoms with Crippen LogP contribution in [0.3, 0.4) is 0 Å². The van der Waals surface area contributed by atoms with E-state index in [1.54, 1.807) is 36.4 Å². The fourth-order valence-electron chi connectivity index (χ4n) is 8.59. The standard InChI is InChI=1S/C28H38F6O3S.C18H12F3S/c1-26(29,30)27(31,32)28(33,34)38(35,36)37-25-23(20-13-7-3-8-14-20)17-22(19-11-5-2-6-12-19)18-24(25)21-15-9-4-10-16-21;19-13-1-7-16(8-2-13)22(17-9-3-14(20)4-10-17)18-11-5-15(21)6-12-18/h17-21H,2-16H2,1H3;1-12H/q;+1. The van der Waals surface area contributed by atoms with E-state index in [9.17, 15) is 47.9 Å². The summed E-state index contributed by atoms with van der Waals surface area (Å²) in [4.78, 5) is 2.67. The van der Waals surface area contributed by atoms with Crippen molar-refractivity contribution >= 4 is 21.0 Å². The molecule has 14 heteroatoms. The minimum Gasteiger partial charge on any atom is -0.377 e. The molecule has 0 heterocycles. The number of halogens is 9. The molecule has 3 saturated carbocycles. The molecule has 0 radical (unpaired) electrons. The van der Waals surface area contributed by atoms with Gasteiger partial charge in [-0.25, -0.2) is 13.2 Å². The van der Waals surface area contributed by atoms with Crippen molar-refractivity contribution in [3.63, 3.8) is 0 Å². The summed E-state index contributed by atoms with van der Waals surface area (Å²) in [5, 5.41) is -6.13. The van der Waals surface area contributed by atoms with E-state index in [2.05, 4.69) is 0 Å². The van der Waals surface area contributed by atoms with Crippen LogP contribution in [0.1, 0.15) is 138 Å². The molecule has 7 rings (SSSR count). The first-order valence-corrected chi connectivity index (χ1v) is 23.3. The highest BCUT2D eigenvalue weighted by Crippen LogP contribution is 2.52. The SMILES string of the molecule is CC(F)(F)C(F)(F)C(F)(F)S(=O)(=O)Oc1c(C2CCCCC2)cc(C2CCCCC2)cc1C1CCCCC1.Fc1ccc([S+](c2ccc(F)cc2)c2ccc(F)cc2)cc1. The van der Waals surface area contributed by atoms with E-state index in [1.807, 2.05) is 12.1 Å². The number of alkyl halides is 6. The lowest BCUT2D eigenvalue weighted by atomic mass is 9.75. The van der Waals surface area contributed by atoms with Gasteiger partial charge in [0, 0.05) is 6.92 Å². The second-order valence-electron chi connectivity index (χ2n) is 16.2. The fraction of sp³-hybridized carbons (Fsp3) is 0.478. The Kier molecular flexibility index (Phi) is 14.7. The van der Waals surface area contributed by atoms with Crippen molar-refractivity contribution in [2.45, 2.75) is 153 Å². The molecule has 0 amide bonds. The largest absolute Gasteiger partial charge is 0.449 e. The van der Waals surface area contributed by atoms with Gasteiger partial charge in [-0.3, -0.25) is 0 Å². The van der Waals surface area contributed by atoms with Gasteiger partial charge in [0.1, 0.15) is 23.2 Å². The van der Waals surface area contributed by atoms with Crippen LogP contribution in [0.15, 0.2) is 99.6 Å². The molecule has 0 aliphatic heterocycles. The molecule has 4 aromatic carbocycles. The van der Waals surface area contributed by atoms with Gasteiger partial charge < -0.3 is 4.18 Å². The lowest BCUT2D eigenvalue weighted by Gasteiger charge is -2.33. The maximum absolute atomic E-state index is 14.7. The van der Waals surface area contributed by atoms with Crippen LogP contribution in [0, 0.1) is 17.5 Å². The Hall–Kier alpha value is -3.65. The van der Waals surface area contributed by atoms with Gasteiger partial charge in [0.15, 0.2) is 14.7 Å². The van der Waals surface area contributed by atoms with Gasteiger partial charge in [0.25, 0.3) is 0 Å². The normalized spacial score (nSPS) is 17.9. The van der Waals surface area contributed by atoms with E-state index < -0.39 is 45.0 Å². The fourth-order valence-corrected chi connectivity index (χ4v) is 11.6. The average Bonchev–Trinajstić information content (AvgIpc) is 3.23. The zero-order valence-corrected chi connectivity index (χ0v) is 35.0. The predicted molar refractivity (Wildman–Crippen MR) is 215 cm³/mol. The summed E-state index contributed by atoms with van der Waals surface area (Å²) in [5.74, 6) is -12.8. The Balaban J connectivity index is 0.000000232. The van der Waals surface area contributed by atoms with Crippen LogP contribution in [0.2, 0.25) is 0 Å². The zero-order valence-electron chi connectivity index (χ0n) is 33.4. The first-order valence-electron chi connectivity index (χ1n) is 20.7. The van der Waals surface area contributed by atoms with Crippen molar-refractivity contribution in [3.8, 4) is 5.75 Å². The Labute approximate surface area is 349 Å². The van der Waals surface area contributed by atoms with Crippen molar-refractivity contribution in [3.05, 3.63) is 119 Å². The molecular weight excluding hydrogens is 836 g/mol. The molecular formula is C46H50F9O3S2+. The molecule has 0 bridgehead atoms. The summed E-state index contributed by atoms with van der Waals surface area (Å²) in [6, 6.07) is 22.2. The smallest absolute Gasteiger partial charge is 0.377 e. The van der Waals surface area contributed by atoms with Crippen molar-refractivity contribution < 1.29 is 52.1 Å². The third-order valence-electron chi connectivity index (χ3n) is 11.9. The highest BCUT2D eigenvalue weighted by Gasteiger charge is 2.77. The van der Waals surface area contributed by atoms with Gasteiger partial charge in [0.2, 0.25) is 0 Å². The quantitative estimate of drug-likeness (QED) is 0.0856. The minimum atomic E-state index is -6.48. The van der Waals surface area contributed by atoms with E-state index in [0.29, 0.717) is 36.8 Å². The van der Waals surface area contributed by atoms with Gasteiger partial charge >= 0.3 is 27.2 Å². The van der Waals surface area contributed by atoms with Gasteiger partial charge in [-0.1, -0.05) is 69.9 Å². The van der Waals surface area contributed by atoms with Gasteiger partial charge in [-0.2, -0.15) is 34.8 Å². The van der Waals surface area contributed by atoms with E-state index >= 15 is 0 Å². The van der Waals surface area contributed by atoms with Crippen LogP contribution in [0.5, 0.6) is 5.75 Å². The minimum absolute atomic E-state index is 0.179. The number of hydrogen-bond acceptors (Lipinski definition) is 3. The number of hydrogen-bond donors (Lipinski definition) is 0. The molecule has 3 aliphatic carbocycles. The molecule has 0 N–H and O–H groups in total. The van der Waals surface area contributed by atoms with Crippen LogP contribution in [0.25, 0.3) is 0 Å². The summed E-state index contributed by atoms with van der Waals surface area (Å²) in [6.45, 7) is -0.420. The molecule has 3 fully saturated rings. The molecule has 3 nitrogen and oxygen atoms in total. The summed E-state index contributed by atoms with van der Waals surface area (Å²) in [7, 11) is -7.02. The Morgan fingerprint density at radius 1 is 0.517 bits per heavy atom. The lowest BCUT2D eigenvalue weighted by Crippen LogP contribution is -2.57. The summed E-state index contributed by atoms with van der Waals surface area (Å²) >= 11 is 0. The topological polar surface area (TPSA) is 43.4 Å². The maximum Gasteiger partial charge on any atom is 0.449 e. The summed E-state index contributed by atoms with van der Waals surface area (Å²) < 4.78 is 155. The molecule has 0 saturated heterocycles. The molecule has 60 heavy (non-hydrogen) atoms. The Morgan fingerprint density at radius 2 is 0.833 bits per heavy atom. The van der Waals surface area contributed by atoms with Gasteiger partial charge in [-0.15, -0.1) is 0 Å². The van der Waals surface area contributed by atoms with Crippen LogP contribution in [0.4, 0.5) is 39.5 Å². The molecule has 0 atom stereocenters. The summed E-state index contributed by atoms with van der Waals surface area (Å²) in [6.07, 6.45) is 13.3. The Bertz CT molecular complexity index is 1970. The van der Waals surface area contributed by atoms with Crippen LogP contribution in [-0.4, -0.2) is 25.5 Å². The second kappa shape index (κ2) is 19.2. The predicted octanol–water partition coefficient (Wildman–Crippen LogP) is 14.6. The molecule has 0 aromatic heterocycles. The van der Waals surface area contributed by atoms with E-state index in [1.165, 1.54) is 36.4 Å². The van der Waals surface area contributed by atoms with Crippen molar-refractivity contribution in [2.24, 2.45) is 0 Å². The number of benzene rings is 4. The maximum atomic E-state index is 14.7. The highest BCUT2D eigenvalue weighted by molar-refractivity contribution is 7.97. The van der Waals surface area contributed by atoms with Crippen LogP contribution < -0.4 is 4.18 Å². The first-order chi connectivity index (χ1) is 28.4. The van der Waals surface area contributed by atoms with Gasteiger partial charge in [-0.05, 0) is 146 Å². The average molecular weight is 886 g/mol. The molecule has 0 unspecified atom stereocenters. The number of rotatable bonds is 11. The van der Waals surface area contributed by atoms with Crippen molar-refractivity contribution in [2.75, 3.05) is 0 Å². The summed E-state index contributed by atoms with van der Waals surface area (Å²) in [5.41, 5.74) is 1.89. The highest BCUT2D eigenvalue weighted by atomic mass is 32.2. The van der Waals surface area contributed by atoms with Crippen molar-refractivity contribution in [1.29, 1.82) is 0 Å². The van der Waals surface area contributed by atoms with Crippen LogP contribution >= 0.6 is 0 Å². The van der Waals surface area contributed by atoms with E-state index in [0.717, 1.165) is 90.9 Å². The van der Waals surface area contributed by atoms with E-state index in [-0.39, 0.29) is 41.0 Å².